The highest BCUT2D eigenvalue weighted by Gasteiger charge is 2.20. The van der Waals surface area contributed by atoms with Crippen LogP contribution in [0.1, 0.15) is 28.0 Å². The molecule has 0 saturated heterocycles. The molecule has 3 rings (SSSR count). The predicted molar refractivity (Wildman–Crippen MR) is 66.8 cm³/mol. The molecule has 1 aromatic carbocycles. The summed E-state index contributed by atoms with van der Waals surface area (Å²) in [7, 11) is 0. The number of aromatic nitrogens is 1. The monoisotopic (exact) mass is 229 g/mol. The summed E-state index contributed by atoms with van der Waals surface area (Å²) in [5, 5.41) is 1.11. The Hall–Kier alpha value is -1.81. The third-order valence-corrected chi connectivity index (χ3v) is 3.51. The van der Waals surface area contributed by atoms with Crippen molar-refractivity contribution in [1.82, 2.24) is 4.98 Å². The van der Waals surface area contributed by atoms with E-state index in [-0.39, 0.29) is 11.9 Å². The maximum atomic E-state index is 11.2. The fourth-order valence-corrected chi connectivity index (χ4v) is 2.61. The summed E-state index contributed by atoms with van der Waals surface area (Å²) >= 11 is 0. The molecule has 17 heavy (non-hydrogen) atoms. The van der Waals surface area contributed by atoms with Gasteiger partial charge in [0.2, 0.25) is 5.91 Å². The van der Waals surface area contributed by atoms with Gasteiger partial charge in [-0.15, -0.1) is 0 Å². The van der Waals surface area contributed by atoms with Gasteiger partial charge in [0.15, 0.2) is 0 Å². The van der Waals surface area contributed by atoms with E-state index in [0.717, 1.165) is 30.2 Å². The van der Waals surface area contributed by atoms with Gasteiger partial charge in [0.1, 0.15) is 0 Å². The van der Waals surface area contributed by atoms with E-state index in [9.17, 15) is 4.79 Å². The molecule has 4 nitrogen and oxygen atoms in total. The van der Waals surface area contributed by atoms with Crippen LogP contribution < -0.4 is 11.5 Å². The highest BCUT2D eigenvalue weighted by molar-refractivity contribution is 5.98. The number of aryl methyl sites for hydroxylation is 1. The Bertz CT molecular complexity index is 600. The van der Waals surface area contributed by atoms with Crippen molar-refractivity contribution in [2.75, 3.05) is 0 Å². The number of primary amides is 1. The smallest absolute Gasteiger partial charge is 0.248 e. The zero-order valence-electron chi connectivity index (χ0n) is 9.49. The van der Waals surface area contributed by atoms with E-state index >= 15 is 0 Å². The van der Waals surface area contributed by atoms with Gasteiger partial charge in [-0.3, -0.25) is 4.79 Å². The van der Waals surface area contributed by atoms with Crippen LogP contribution in [0, 0.1) is 0 Å². The third kappa shape index (κ3) is 1.61. The van der Waals surface area contributed by atoms with Gasteiger partial charge in [-0.25, -0.2) is 0 Å². The minimum atomic E-state index is -0.380. The first-order chi connectivity index (χ1) is 8.15. The lowest BCUT2D eigenvalue weighted by atomic mass is 9.92. The second-order valence-electron chi connectivity index (χ2n) is 4.71. The lowest BCUT2D eigenvalue weighted by molar-refractivity contribution is 0.100. The standard InChI is InChI=1S/C13H15N3O/c14-8-2-3-9-10-5-7(13(15)17)1-4-11(10)16-12(9)6-8/h1,4-5,8,16H,2-3,6,14H2,(H2,15,17). The van der Waals surface area contributed by atoms with E-state index in [4.69, 9.17) is 11.5 Å². The summed E-state index contributed by atoms with van der Waals surface area (Å²) in [5.74, 6) is -0.380. The zero-order valence-corrected chi connectivity index (χ0v) is 9.49. The van der Waals surface area contributed by atoms with Crippen LogP contribution in [0.25, 0.3) is 10.9 Å². The lowest BCUT2D eigenvalue weighted by Crippen LogP contribution is -2.27. The van der Waals surface area contributed by atoms with Gasteiger partial charge < -0.3 is 16.5 Å². The number of carbonyl (C=O) groups is 1. The second kappa shape index (κ2) is 3.60. The number of hydrogen-bond acceptors (Lipinski definition) is 2. The highest BCUT2D eigenvalue weighted by Crippen LogP contribution is 2.29. The van der Waals surface area contributed by atoms with Crippen LogP contribution in [0.3, 0.4) is 0 Å². The Morgan fingerprint density at radius 1 is 1.41 bits per heavy atom. The third-order valence-electron chi connectivity index (χ3n) is 3.51. The quantitative estimate of drug-likeness (QED) is 0.683. The normalized spacial score (nSPS) is 19.2. The number of benzene rings is 1. The van der Waals surface area contributed by atoms with Gasteiger partial charge in [0, 0.05) is 34.6 Å². The van der Waals surface area contributed by atoms with Crippen molar-refractivity contribution < 1.29 is 4.79 Å². The molecule has 4 heteroatoms. The van der Waals surface area contributed by atoms with Crippen molar-refractivity contribution in [2.45, 2.75) is 25.3 Å². The Balaban J connectivity index is 2.19. The van der Waals surface area contributed by atoms with Crippen molar-refractivity contribution in [3.63, 3.8) is 0 Å². The van der Waals surface area contributed by atoms with Crippen molar-refractivity contribution in [3.05, 3.63) is 35.0 Å². The number of carbonyl (C=O) groups excluding carboxylic acids is 1. The number of nitrogens with one attached hydrogen (secondary N) is 1. The van der Waals surface area contributed by atoms with Gasteiger partial charge in [-0.2, -0.15) is 0 Å². The molecule has 1 unspecified atom stereocenters. The molecule has 0 bridgehead atoms. The molecule has 1 aromatic heterocycles. The van der Waals surface area contributed by atoms with Crippen LogP contribution in [-0.4, -0.2) is 16.9 Å². The van der Waals surface area contributed by atoms with E-state index in [1.807, 2.05) is 12.1 Å². The SMILES string of the molecule is NC(=O)c1ccc2[nH]c3c(c2c1)CCC(N)C3. The number of aromatic amines is 1. The summed E-state index contributed by atoms with van der Waals surface area (Å²) in [6.07, 6.45) is 2.86. The average Bonchev–Trinajstić information content (AvgIpc) is 2.64. The van der Waals surface area contributed by atoms with Crippen molar-refractivity contribution in [2.24, 2.45) is 11.5 Å². The number of hydrogen-bond donors (Lipinski definition) is 3. The van der Waals surface area contributed by atoms with Crippen LogP contribution in [-0.2, 0) is 12.8 Å². The van der Waals surface area contributed by atoms with Crippen molar-refractivity contribution in [1.29, 1.82) is 0 Å². The molecular weight excluding hydrogens is 214 g/mol. The maximum Gasteiger partial charge on any atom is 0.248 e. The highest BCUT2D eigenvalue weighted by atomic mass is 16.1. The van der Waals surface area contributed by atoms with Crippen molar-refractivity contribution >= 4 is 16.8 Å². The molecule has 0 saturated carbocycles. The van der Waals surface area contributed by atoms with E-state index < -0.39 is 0 Å². The first-order valence-corrected chi connectivity index (χ1v) is 5.84. The van der Waals surface area contributed by atoms with Crippen LogP contribution in [0.2, 0.25) is 0 Å². The Kier molecular flexibility index (Phi) is 2.19. The Labute approximate surface area is 99.0 Å². The molecule has 0 spiro atoms. The first-order valence-electron chi connectivity index (χ1n) is 5.84. The Morgan fingerprint density at radius 3 is 3.00 bits per heavy atom. The number of rotatable bonds is 1. The van der Waals surface area contributed by atoms with Gasteiger partial charge in [-0.1, -0.05) is 0 Å². The van der Waals surface area contributed by atoms with E-state index in [2.05, 4.69) is 4.98 Å². The number of H-pyrrole nitrogens is 1. The number of fused-ring (bicyclic) bond motifs is 3. The summed E-state index contributed by atoms with van der Waals surface area (Å²) in [6.45, 7) is 0. The van der Waals surface area contributed by atoms with Crippen LogP contribution in [0.15, 0.2) is 18.2 Å². The molecular formula is C13H15N3O. The summed E-state index contributed by atoms with van der Waals surface area (Å²) in [5.41, 5.74) is 15.4. The summed E-state index contributed by atoms with van der Waals surface area (Å²) in [4.78, 5) is 14.6. The van der Waals surface area contributed by atoms with E-state index in [1.165, 1.54) is 11.3 Å². The maximum absolute atomic E-state index is 11.2. The molecule has 1 heterocycles. The molecule has 88 valence electrons. The topological polar surface area (TPSA) is 84.9 Å². The average molecular weight is 229 g/mol. The fraction of sp³-hybridized carbons (Fsp3) is 0.308. The molecule has 1 atom stereocenters. The largest absolute Gasteiger partial charge is 0.366 e. The minimum absolute atomic E-state index is 0.242. The van der Waals surface area contributed by atoms with Crippen LogP contribution in [0.4, 0.5) is 0 Å². The Morgan fingerprint density at radius 2 is 2.24 bits per heavy atom. The minimum Gasteiger partial charge on any atom is -0.366 e. The second-order valence-corrected chi connectivity index (χ2v) is 4.71. The molecule has 0 fully saturated rings. The van der Waals surface area contributed by atoms with Gasteiger partial charge in [0.05, 0.1) is 0 Å². The molecule has 2 aromatic rings. The molecule has 0 radical (unpaired) electrons. The lowest BCUT2D eigenvalue weighted by Gasteiger charge is -2.17. The molecule has 0 aliphatic heterocycles. The van der Waals surface area contributed by atoms with Crippen LogP contribution in [0.5, 0.6) is 0 Å². The zero-order chi connectivity index (χ0) is 12.0. The molecule has 1 aliphatic rings. The number of nitrogens with two attached hydrogens (primary N) is 2. The predicted octanol–water partition coefficient (Wildman–Crippen LogP) is 1.08. The van der Waals surface area contributed by atoms with Crippen LogP contribution >= 0.6 is 0 Å². The first kappa shape index (κ1) is 10.4. The molecule has 1 aliphatic carbocycles. The molecule has 1 amide bonds. The van der Waals surface area contributed by atoms with Gasteiger partial charge in [0.25, 0.3) is 0 Å². The van der Waals surface area contributed by atoms with Gasteiger partial charge in [-0.05, 0) is 36.6 Å². The molecule has 5 N–H and O–H groups in total. The van der Waals surface area contributed by atoms with E-state index in [1.54, 1.807) is 6.07 Å². The van der Waals surface area contributed by atoms with Crippen molar-refractivity contribution in [3.8, 4) is 0 Å². The number of amides is 1. The van der Waals surface area contributed by atoms with E-state index in [0.29, 0.717) is 5.56 Å². The summed E-state index contributed by atoms with van der Waals surface area (Å²) < 4.78 is 0. The summed E-state index contributed by atoms with van der Waals surface area (Å²) in [6, 6.07) is 5.79. The van der Waals surface area contributed by atoms with Gasteiger partial charge >= 0.3 is 0 Å². The fourth-order valence-electron chi connectivity index (χ4n) is 2.61.